The van der Waals surface area contributed by atoms with Crippen molar-refractivity contribution >= 4 is 17.3 Å². The van der Waals surface area contributed by atoms with E-state index in [1.165, 1.54) is 0 Å². The van der Waals surface area contributed by atoms with Crippen LogP contribution in [0.4, 0.5) is 5.69 Å². The van der Waals surface area contributed by atoms with Gasteiger partial charge in [0, 0.05) is 11.3 Å². The van der Waals surface area contributed by atoms with Crippen LogP contribution in [0.25, 0.3) is 11.1 Å². The maximum absolute atomic E-state index is 6.23. The Morgan fingerprint density at radius 2 is 1.61 bits per heavy atom. The van der Waals surface area contributed by atoms with Crippen LogP contribution in [0, 0.1) is 0 Å². The lowest BCUT2D eigenvalue weighted by Crippen LogP contribution is -1.94. The number of methoxy groups -OCH3 is 2. The van der Waals surface area contributed by atoms with Gasteiger partial charge >= 0.3 is 0 Å². The minimum absolute atomic E-state index is 0.567. The fraction of sp³-hybridized carbons (Fsp3) is 0.143. The molecule has 0 heterocycles. The van der Waals surface area contributed by atoms with E-state index < -0.39 is 0 Å². The van der Waals surface area contributed by atoms with Crippen LogP contribution >= 0.6 is 11.6 Å². The monoisotopic (exact) mass is 263 g/mol. The third-order valence-electron chi connectivity index (χ3n) is 2.69. The van der Waals surface area contributed by atoms with Crippen molar-refractivity contribution in [2.45, 2.75) is 0 Å². The zero-order valence-electron chi connectivity index (χ0n) is 10.2. The minimum atomic E-state index is 0.567. The number of halogens is 1. The molecule has 0 bridgehead atoms. The summed E-state index contributed by atoms with van der Waals surface area (Å²) in [6, 6.07) is 11.0. The van der Waals surface area contributed by atoms with Gasteiger partial charge in [-0.1, -0.05) is 23.7 Å². The highest BCUT2D eigenvalue weighted by atomic mass is 35.5. The van der Waals surface area contributed by atoms with Crippen molar-refractivity contribution in [2.75, 3.05) is 20.0 Å². The lowest BCUT2D eigenvalue weighted by Gasteiger charge is -2.14. The number of ether oxygens (including phenoxy) is 2. The molecule has 0 fully saturated rings. The van der Waals surface area contributed by atoms with Crippen molar-refractivity contribution in [3.63, 3.8) is 0 Å². The van der Waals surface area contributed by atoms with E-state index in [1.54, 1.807) is 26.4 Å². The van der Waals surface area contributed by atoms with Gasteiger partial charge in [-0.3, -0.25) is 0 Å². The van der Waals surface area contributed by atoms with E-state index in [1.807, 2.05) is 24.3 Å². The molecule has 2 N–H and O–H groups in total. The van der Waals surface area contributed by atoms with Crippen LogP contribution in [0.3, 0.4) is 0 Å². The van der Waals surface area contributed by atoms with E-state index in [-0.39, 0.29) is 0 Å². The number of hydrogen-bond donors (Lipinski definition) is 1. The molecule has 2 rings (SSSR count). The summed E-state index contributed by atoms with van der Waals surface area (Å²) in [5.74, 6) is 1.42. The fourth-order valence-electron chi connectivity index (χ4n) is 1.85. The highest BCUT2D eigenvalue weighted by Crippen LogP contribution is 2.41. The van der Waals surface area contributed by atoms with Gasteiger partial charge in [-0.05, 0) is 24.3 Å². The maximum Gasteiger partial charge on any atom is 0.130 e. The Morgan fingerprint density at radius 3 is 2.11 bits per heavy atom. The number of nitrogen functional groups attached to an aromatic ring is 1. The normalized spacial score (nSPS) is 10.2. The molecular weight excluding hydrogens is 250 g/mol. The largest absolute Gasteiger partial charge is 0.496 e. The molecule has 18 heavy (non-hydrogen) atoms. The number of nitrogens with two attached hydrogens (primary N) is 1. The van der Waals surface area contributed by atoms with Gasteiger partial charge in [-0.15, -0.1) is 0 Å². The standard InChI is InChI=1S/C14H14ClNO2/c1-17-12-4-3-5-13(18-2)14(12)10-7-6-9(16)8-11(10)15/h3-8H,16H2,1-2H3. The first-order valence-corrected chi connectivity index (χ1v) is 5.81. The van der Waals surface area contributed by atoms with Crippen molar-refractivity contribution in [3.05, 3.63) is 41.4 Å². The Kier molecular flexibility index (Phi) is 3.63. The van der Waals surface area contributed by atoms with Crippen LogP contribution in [0.2, 0.25) is 5.02 Å². The van der Waals surface area contributed by atoms with E-state index in [0.717, 1.165) is 11.1 Å². The lowest BCUT2D eigenvalue weighted by atomic mass is 10.0. The van der Waals surface area contributed by atoms with E-state index in [0.29, 0.717) is 22.2 Å². The van der Waals surface area contributed by atoms with Crippen LogP contribution in [0.15, 0.2) is 36.4 Å². The molecule has 3 nitrogen and oxygen atoms in total. The van der Waals surface area contributed by atoms with Gasteiger partial charge in [-0.25, -0.2) is 0 Å². The summed E-state index contributed by atoms with van der Waals surface area (Å²) in [5, 5.41) is 0.567. The smallest absolute Gasteiger partial charge is 0.130 e. The number of rotatable bonds is 3. The third kappa shape index (κ3) is 2.22. The molecule has 0 aliphatic rings. The van der Waals surface area contributed by atoms with E-state index in [4.69, 9.17) is 26.8 Å². The summed E-state index contributed by atoms with van der Waals surface area (Å²) in [4.78, 5) is 0. The molecule has 0 aromatic heterocycles. The maximum atomic E-state index is 6.23. The molecule has 94 valence electrons. The zero-order chi connectivity index (χ0) is 13.1. The summed E-state index contributed by atoms with van der Waals surface area (Å²) in [6.07, 6.45) is 0. The Labute approximate surface area is 111 Å². The average molecular weight is 264 g/mol. The topological polar surface area (TPSA) is 44.5 Å². The lowest BCUT2D eigenvalue weighted by molar-refractivity contribution is 0.397. The molecular formula is C14H14ClNO2. The molecule has 0 saturated carbocycles. The quantitative estimate of drug-likeness (QED) is 0.861. The Morgan fingerprint density at radius 1 is 1.00 bits per heavy atom. The summed E-state index contributed by atoms with van der Waals surface area (Å²) >= 11 is 6.23. The highest BCUT2D eigenvalue weighted by Gasteiger charge is 2.14. The van der Waals surface area contributed by atoms with Gasteiger partial charge in [-0.2, -0.15) is 0 Å². The minimum Gasteiger partial charge on any atom is -0.496 e. The van der Waals surface area contributed by atoms with Crippen LogP contribution in [0.5, 0.6) is 11.5 Å². The van der Waals surface area contributed by atoms with Gasteiger partial charge in [0.1, 0.15) is 11.5 Å². The molecule has 0 atom stereocenters. The van der Waals surface area contributed by atoms with Crippen LogP contribution in [-0.4, -0.2) is 14.2 Å². The van der Waals surface area contributed by atoms with Crippen molar-refractivity contribution in [3.8, 4) is 22.6 Å². The summed E-state index contributed by atoms with van der Waals surface area (Å²) < 4.78 is 10.7. The molecule has 0 spiro atoms. The second-order valence-electron chi connectivity index (χ2n) is 3.78. The molecule has 0 unspecified atom stereocenters. The predicted molar refractivity (Wildman–Crippen MR) is 74.4 cm³/mol. The first kappa shape index (κ1) is 12.6. The van der Waals surface area contributed by atoms with Gasteiger partial charge < -0.3 is 15.2 Å². The Bertz CT molecular complexity index is 547. The number of anilines is 1. The van der Waals surface area contributed by atoms with Gasteiger partial charge in [0.05, 0.1) is 24.8 Å². The fourth-order valence-corrected chi connectivity index (χ4v) is 2.13. The Hall–Kier alpha value is -1.87. The molecule has 0 saturated heterocycles. The van der Waals surface area contributed by atoms with Gasteiger partial charge in [0.25, 0.3) is 0 Å². The summed E-state index contributed by atoms with van der Waals surface area (Å²) in [7, 11) is 3.23. The van der Waals surface area contributed by atoms with Crippen LogP contribution < -0.4 is 15.2 Å². The van der Waals surface area contributed by atoms with E-state index in [2.05, 4.69) is 0 Å². The second kappa shape index (κ2) is 5.19. The van der Waals surface area contributed by atoms with Crippen molar-refractivity contribution < 1.29 is 9.47 Å². The SMILES string of the molecule is COc1cccc(OC)c1-c1ccc(N)cc1Cl. The van der Waals surface area contributed by atoms with E-state index >= 15 is 0 Å². The Balaban J connectivity index is 2.68. The third-order valence-corrected chi connectivity index (χ3v) is 3.00. The molecule has 2 aromatic rings. The first-order valence-electron chi connectivity index (χ1n) is 5.43. The first-order chi connectivity index (χ1) is 8.67. The molecule has 0 amide bonds. The zero-order valence-corrected chi connectivity index (χ0v) is 11.0. The highest BCUT2D eigenvalue weighted by molar-refractivity contribution is 6.33. The van der Waals surface area contributed by atoms with E-state index in [9.17, 15) is 0 Å². The predicted octanol–water partition coefficient (Wildman–Crippen LogP) is 3.61. The molecule has 0 aliphatic carbocycles. The number of benzene rings is 2. The molecule has 0 aliphatic heterocycles. The second-order valence-corrected chi connectivity index (χ2v) is 4.18. The van der Waals surface area contributed by atoms with Crippen molar-refractivity contribution in [1.29, 1.82) is 0 Å². The summed E-state index contributed by atoms with van der Waals surface area (Å²) in [6.45, 7) is 0. The van der Waals surface area contributed by atoms with Gasteiger partial charge in [0.2, 0.25) is 0 Å². The van der Waals surface area contributed by atoms with Crippen LogP contribution in [0.1, 0.15) is 0 Å². The van der Waals surface area contributed by atoms with Crippen molar-refractivity contribution in [1.82, 2.24) is 0 Å². The number of hydrogen-bond acceptors (Lipinski definition) is 3. The summed E-state index contributed by atoms with van der Waals surface area (Å²) in [5.41, 5.74) is 7.98. The molecule has 4 heteroatoms. The van der Waals surface area contributed by atoms with Crippen LogP contribution in [-0.2, 0) is 0 Å². The molecule has 2 aromatic carbocycles. The molecule has 0 radical (unpaired) electrons. The van der Waals surface area contributed by atoms with Gasteiger partial charge in [0.15, 0.2) is 0 Å². The van der Waals surface area contributed by atoms with Crippen molar-refractivity contribution in [2.24, 2.45) is 0 Å². The average Bonchev–Trinajstić information content (AvgIpc) is 2.38.